The van der Waals surface area contributed by atoms with E-state index in [0.717, 1.165) is 11.3 Å². The van der Waals surface area contributed by atoms with E-state index >= 15 is 0 Å². The zero-order chi connectivity index (χ0) is 53.5. The fourth-order valence-corrected chi connectivity index (χ4v) is 7.86. The van der Waals surface area contributed by atoms with Crippen molar-refractivity contribution in [2.75, 3.05) is 0 Å². The van der Waals surface area contributed by atoms with Crippen LogP contribution in [0.15, 0.2) is 194 Å². The molecule has 0 N–H and O–H groups in total. The van der Waals surface area contributed by atoms with Crippen LogP contribution >= 0.6 is 11.3 Å². The van der Waals surface area contributed by atoms with E-state index in [-0.39, 0.29) is 81.8 Å². The Balaban J connectivity index is 1.31. The van der Waals surface area contributed by atoms with Gasteiger partial charge in [-0.25, -0.2) is 15.0 Å². The van der Waals surface area contributed by atoms with E-state index in [0.29, 0.717) is 11.1 Å². The maximum Gasteiger partial charge on any atom is 0.166 e. The quantitative estimate of drug-likeness (QED) is 0.170. The van der Waals surface area contributed by atoms with Crippen molar-refractivity contribution in [2.24, 2.45) is 0 Å². The number of thiophene rings is 1. The lowest BCUT2D eigenvalue weighted by atomic mass is 9.98. The zero-order valence-corrected chi connectivity index (χ0v) is 29.5. The maximum absolute atomic E-state index is 9.53. The van der Waals surface area contributed by atoms with Gasteiger partial charge in [-0.2, -0.15) is 0 Å². The molecule has 0 saturated carbocycles. The van der Waals surface area contributed by atoms with E-state index in [2.05, 4.69) is 0 Å². The summed E-state index contributed by atoms with van der Waals surface area (Å²) in [6.07, 6.45) is 0. The first-order valence-corrected chi connectivity index (χ1v) is 18.0. The first kappa shape index (κ1) is 18.4. The van der Waals surface area contributed by atoms with Gasteiger partial charge in [-0.05, 0) is 58.6 Å². The molecule has 262 valence electrons. The molecule has 0 aliphatic rings. The van der Waals surface area contributed by atoms with Crippen LogP contribution in [0.3, 0.4) is 0 Å². The van der Waals surface area contributed by atoms with Crippen LogP contribution in [0.25, 0.3) is 104 Å². The van der Waals surface area contributed by atoms with Gasteiger partial charge in [0.2, 0.25) is 0 Å². The van der Waals surface area contributed by atoms with E-state index in [1.165, 1.54) is 10.6 Å². The molecule has 0 atom stereocenters. The van der Waals surface area contributed by atoms with Crippen LogP contribution in [-0.2, 0) is 0 Å². The van der Waals surface area contributed by atoms with Gasteiger partial charge >= 0.3 is 0 Å². The summed E-state index contributed by atoms with van der Waals surface area (Å²) in [6, 6.07) is 10.4. The maximum atomic E-state index is 9.53. The highest BCUT2D eigenvalue weighted by atomic mass is 32.1. The summed E-state index contributed by atoms with van der Waals surface area (Å²) in [6.45, 7) is 0. The van der Waals surface area contributed by atoms with E-state index in [4.69, 9.17) is 31.4 Å². The van der Waals surface area contributed by atoms with Crippen LogP contribution in [0.5, 0.6) is 0 Å². The predicted molar refractivity (Wildman–Crippen MR) is 234 cm³/mol. The lowest BCUT2D eigenvalue weighted by Gasteiger charge is -2.16. The van der Waals surface area contributed by atoms with Gasteiger partial charge in [0.05, 0.1) is 42.8 Å². The van der Waals surface area contributed by atoms with Crippen molar-refractivity contribution < 1.29 is 26.0 Å². The second-order valence-corrected chi connectivity index (χ2v) is 13.6. The van der Waals surface area contributed by atoms with Crippen LogP contribution in [-0.4, -0.2) is 19.5 Å². The van der Waals surface area contributed by atoms with Crippen LogP contribution in [0, 0.1) is 0 Å². The molecule has 0 spiro atoms. The summed E-state index contributed by atoms with van der Waals surface area (Å²) in [5, 5.41) is -0.702. The predicted octanol–water partition coefficient (Wildman–Crippen LogP) is 13.7. The van der Waals surface area contributed by atoms with Crippen molar-refractivity contribution in [3.8, 4) is 62.1 Å². The molecule has 0 radical (unpaired) electrons. The summed E-state index contributed by atoms with van der Waals surface area (Å²) < 4.78 is 172. The van der Waals surface area contributed by atoms with Crippen LogP contribution < -0.4 is 0 Å². The third-order valence-corrected chi connectivity index (χ3v) is 10.4. The number of aromatic nitrogens is 4. The highest BCUT2D eigenvalue weighted by molar-refractivity contribution is 7.26. The van der Waals surface area contributed by atoms with Gasteiger partial charge in [0.25, 0.3) is 0 Å². The second-order valence-electron chi connectivity index (χ2n) is 12.6. The van der Waals surface area contributed by atoms with Crippen LogP contribution in [0.2, 0.25) is 0 Å². The molecule has 0 aliphatic heterocycles. The number of nitrogens with zero attached hydrogens (tertiary/aromatic N) is 4. The van der Waals surface area contributed by atoms with E-state index in [1.54, 1.807) is 60.7 Å². The van der Waals surface area contributed by atoms with Gasteiger partial charge in [0.1, 0.15) is 0 Å². The molecule has 0 fully saturated rings. The number of para-hydroxylation sites is 2. The first-order chi connectivity index (χ1) is 35.7. The third-order valence-electron chi connectivity index (χ3n) is 9.31. The van der Waals surface area contributed by atoms with E-state index in [1.807, 2.05) is 12.1 Å². The SMILES string of the molecule is [2H]c1c([2H])c([2H])c(-c2c([2H])c([2H])c3sc4c(-c5ccc(-c6nc(-c7ccccc7)nc(-c7ccccc7)n6)c(-n6c7c([2H])c([2H])c([2H])c([2H])c7c7c([2H])c([2H])c([2H])c([2H])c76)c5)c([2H])c([2H])c([2H])c4c3c2[2H])c([2H])c1[2H]. The Morgan fingerprint density at radius 1 is 0.429 bits per heavy atom. The molecule has 11 aromatic rings. The normalized spacial score (nSPS) is 16.3. The van der Waals surface area contributed by atoms with Crippen LogP contribution in [0.1, 0.15) is 26.0 Å². The van der Waals surface area contributed by atoms with Crippen molar-refractivity contribution in [3.63, 3.8) is 0 Å². The third kappa shape index (κ3) is 5.40. The van der Waals surface area contributed by atoms with Crippen molar-refractivity contribution in [1.29, 1.82) is 0 Å². The highest BCUT2D eigenvalue weighted by Crippen LogP contribution is 2.44. The number of rotatable bonds is 6. The summed E-state index contributed by atoms with van der Waals surface area (Å²) in [4.78, 5) is 14.7. The molecular formula is C51H32N4S. The van der Waals surface area contributed by atoms with Gasteiger partial charge in [-0.1, -0.05) is 157 Å². The summed E-state index contributed by atoms with van der Waals surface area (Å²) in [5.74, 6) is 0.447. The number of fused-ring (bicyclic) bond motifs is 6. The van der Waals surface area contributed by atoms with Crippen LogP contribution in [0.4, 0.5) is 0 Å². The molecule has 4 nitrogen and oxygen atoms in total. The Bertz CT molecular complexity index is 4190. The van der Waals surface area contributed by atoms with Crippen molar-refractivity contribution in [2.45, 2.75) is 0 Å². The fraction of sp³-hybridized carbons (Fsp3) is 0. The standard InChI is InChI=1S/C51H32N4S/c1-4-15-33(16-5-1)36-28-30-47-43(31-36)41-24-14-23-38(48(41)56-47)37-27-29-42(46(32-37)55-44-25-12-10-21-39(44)40-22-11-13-26-45(40)55)51-53-49(34-17-6-2-7-18-34)52-50(54-51)35-19-8-3-9-20-35/h1-32H/i1D,4D,5D,10D,11D,12D,13D,14D,15D,16D,21D,22D,23D,24D,25D,26D,28D,30D,31D. The number of hydrogen-bond donors (Lipinski definition) is 0. The Morgan fingerprint density at radius 2 is 1.04 bits per heavy atom. The van der Waals surface area contributed by atoms with Gasteiger partial charge < -0.3 is 4.57 Å². The minimum Gasteiger partial charge on any atom is -0.308 e. The Morgan fingerprint density at radius 3 is 1.71 bits per heavy atom. The largest absolute Gasteiger partial charge is 0.308 e. The minimum atomic E-state index is -0.735. The lowest BCUT2D eigenvalue weighted by Crippen LogP contribution is -2.04. The molecule has 11 rings (SSSR count). The Kier molecular flexibility index (Phi) is 4.36. The zero-order valence-electron chi connectivity index (χ0n) is 47.7. The van der Waals surface area contributed by atoms with Gasteiger partial charge in [-0.15, -0.1) is 11.3 Å². The van der Waals surface area contributed by atoms with Crippen molar-refractivity contribution in [1.82, 2.24) is 19.5 Å². The number of hydrogen-bond acceptors (Lipinski definition) is 4. The molecule has 0 unspecified atom stereocenters. The lowest BCUT2D eigenvalue weighted by molar-refractivity contribution is 1.06. The van der Waals surface area contributed by atoms with E-state index < -0.39 is 126 Å². The molecule has 0 amide bonds. The fourth-order valence-electron chi connectivity index (χ4n) is 6.78. The number of benzene rings is 8. The first-order valence-electron chi connectivity index (χ1n) is 26.7. The molecule has 8 aromatic carbocycles. The topological polar surface area (TPSA) is 43.6 Å². The second kappa shape index (κ2) is 13.3. The molecule has 0 saturated heterocycles. The monoisotopic (exact) mass is 751 g/mol. The molecule has 3 heterocycles. The average molecular weight is 752 g/mol. The Labute approximate surface area is 354 Å². The Hall–Kier alpha value is -7.21. The average Bonchev–Trinajstić information content (AvgIpc) is 4.14. The molecule has 0 aliphatic carbocycles. The molecule has 56 heavy (non-hydrogen) atoms. The highest BCUT2D eigenvalue weighted by Gasteiger charge is 2.21. The molecule has 5 heteroatoms. The summed E-state index contributed by atoms with van der Waals surface area (Å²) in [5.41, 5.74) is -0.105. The molecule has 0 bridgehead atoms. The molecular weight excluding hydrogens is 701 g/mol. The van der Waals surface area contributed by atoms with Gasteiger partial charge in [-0.3, -0.25) is 0 Å². The van der Waals surface area contributed by atoms with E-state index in [9.17, 15) is 9.60 Å². The van der Waals surface area contributed by atoms with Gasteiger partial charge in [0.15, 0.2) is 17.5 Å². The minimum absolute atomic E-state index is 0.00238. The van der Waals surface area contributed by atoms with Crippen molar-refractivity contribution in [3.05, 3.63) is 194 Å². The van der Waals surface area contributed by atoms with Gasteiger partial charge in [0, 0.05) is 47.6 Å². The summed E-state index contributed by atoms with van der Waals surface area (Å²) in [7, 11) is 0. The smallest absolute Gasteiger partial charge is 0.166 e. The summed E-state index contributed by atoms with van der Waals surface area (Å²) >= 11 is 0.831. The van der Waals surface area contributed by atoms with Crippen molar-refractivity contribution >= 4 is 53.3 Å². The molecule has 3 aromatic heterocycles.